The quantitative estimate of drug-likeness (QED) is 0.720. The maximum Gasteiger partial charge on any atom is 0.368 e. The van der Waals surface area contributed by atoms with Gasteiger partial charge in [0.15, 0.2) is 0 Å². The van der Waals surface area contributed by atoms with E-state index >= 15 is 0 Å². The average molecular weight is 412 g/mol. The lowest BCUT2D eigenvalue weighted by atomic mass is 9.93. The van der Waals surface area contributed by atoms with Gasteiger partial charge in [0.2, 0.25) is 11.8 Å². The fourth-order valence-electron chi connectivity index (χ4n) is 3.54. The zero-order valence-electron chi connectivity index (χ0n) is 16.6. The minimum atomic E-state index is -0.498. The molecule has 0 unspecified atom stereocenters. The van der Waals surface area contributed by atoms with E-state index in [2.05, 4.69) is 21.8 Å². The molecule has 1 aromatic heterocycles. The second-order valence-electron chi connectivity index (χ2n) is 7.34. The summed E-state index contributed by atoms with van der Waals surface area (Å²) >= 11 is 0. The lowest BCUT2D eigenvalue weighted by Crippen LogP contribution is -2.43. The van der Waals surface area contributed by atoms with Crippen molar-refractivity contribution in [1.29, 1.82) is 0 Å². The summed E-state index contributed by atoms with van der Waals surface area (Å²) in [6, 6.07) is 6.80. The molecule has 0 bridgehead atoms. The van der Waals surface area contributed by atoms with Gasteiger partial charge < -0.3 is 15.0 Å². The molecular formula is C20H24N6O4. The number of anilines is 1. The lowest BCUT2D eigenvalue weighted by molar-refractivity contribution is -0.136. The molecule has 158 valence electrons. The first-order valence-electron chi connectivity index (χ1n) is 10.1. The predicted molar refractivity (Wildman–Crippen MR) is 108 cm³/mol. The van der Waals surface area contributed by atoms with Crippen LogP contribution in [0.3, 0.4) is 0 Å². The van der Waals surface area contributed by atoms with E-state index in [4.69, 9.17) is 4.74 Å². The monoisotopic (exact) mass is 412 g/mol. The number of nitrogens with zero attached hydrogens (tertiary/aromatic N) is 5. The number of hydrogen-bond acceptors (Lipinski definition) is 6. The minimum Gasteiger partial charge on any atom is -0.378 e. The molecule has 2 amide bonds. The van der Waals surface area contributed by atoms with Crippen LogP contribution in [0, 0.1) is 5.92 Å². The van der Waals surface area contributed by atoms with E-state index in [9.17, 15) is 14.4 Å². The Hall–Kier alpha value is -3.27. The van der Waals surface area contributed by atoms with Gasteiger partial charge in [-0.2, -0.15) is 9.36 Å². The van der Waals surface area contributed by atoms with Gasteiger partial charge in [0.1, 0.15) is 6.54 Å². The number of aromatic nitrogens is 4. The summed E-state index contributed by atoms with van der Waals surface area (Å²) in [6.45, 7) is 1.84. The van der Waals surface area contributed by atoms with Gasteiger partial charge in [-0.1, -0.05) is 12.2 Å². The predicted octanol–water partition coefficient (Wildman–Crippen LogP) is 0.583. The second kappa shape index (κ2) is 9.04. The van der Waals surface area contributed by atoms with Gasteiger partial charge in [-0.05, 0) is 54.0 Å². The number of carbonyl (C=O) groups excluding carboxylic acids is 2. The molecular weight excluding hydrogens is 388 g/mol. The van der Waals surface area contributed by atoms with E-state index in [1.165, 1.54) is 0 Å². The normalized spacial score (nSPS) is 18.9. The molecule has 0 saturated carbocycles. The summed E-state index contributed by atoms with van der Waals surface area (Å²) in [4.78, 5) is 38.9. The Morgan fingerprint density at radius 1 is 1.10 bits per heavy atom. The van der Waals surface area contributed by atoms with Gasteiger partial charge in [0, 0.05) is 24.7 Å². The minimum absolute atomic E-state index is 0.00293. The number of allylic oxidation sites excluding steroid dienone is 2. The molecule has 1 saturated heterocycles. The highest BCUT2D eigenvalue weighted by Crippen LogP contribution is 2.20. The summed E-state index contributed by atoms with van der Waals surface area (Å²) in [5.41, 5.74) is 0.660. The molecule has 1 N–H and O–H groups in total. The van der Waals surface area contributed by atoms with E-state index in [0.29, 0.717) is 37.7 Å². The highest BCUT2D eigenvalue weighted by Gasteiger charge is 2.20. The van der Waals surface area contributed by atoms with E-state index in [-0.39, 0.29) is 24.3 Å². The smallest absolute Gasteiger partial charge is 0.368 e. The van der Waals surface area contributed by atoms with Crippen LogP contribution in [0.1, 0.15) is 19.3 Å². The third-order valence-corrected chi connectivity index (χ3v) is 5.31. The molecule has 1 atom stereocenters. The molecule has 1 aliphatic heterocycles. The number of amides is 2. The highest BCUT2D eigenvalue weighted by atomic mass is 16.5. The Morgan fingerprint density at radius 3 is 2.57 bits per heavy atom. The number of benzene rings is 1. The van der Waals surface area contributed by atoms with E-state index in [1.807, 2.05) is 6.08 Å². The average Bonchev–Trinajstić information content (AvgIpc) is 3.15. The van der Waals surface area contributed by atoms with Crippen LogP contribution in [0.2, 0.25) is 0 Å². The van der Waals surface area contributed by atoms with Crippen molar-refractivity contribution < 1.29 is 14.3 Å². The topological polar surface area (TPSA) is 111 Å². The van der Waals surface area contributed by atoms with Crippen LogP contribution in [0.4, 0.5) is 5.69 Å². The molecule has 1 fully saturated rings. The molecule has 0 spiro atoms. The second-order valence-corrected chi connectivity index (χ2v) is 7.34. The summed E-state index contributed by atoms with van der Waals surface area (Å²) in [7, 11) is 0. The van der Waals surface area contributed by atoms with E-state index in [0.717, 1.165) is 28.6 Å². The highest BCUT2D eigenvalue weighted by molar-refractivity contribution is 5.92. The molecule has 0 radical (unpaired) electrons. The number of rotatable bonds is 5. The molecule has 4 rings (SSSR count). The van der Waals surface area contributed by atoms with Crippen molar-refractivity contribution in [1.82, 2.24) is 24.7 Å². The first-order valence-corrected chi connectivity index (χ1v) is 10.1. The largest absolute Gasteiger partial charge is 0.378 e. The summed E-state index contributed by atoms with van der Waals surface area (Å²) in [6.07, 6.45) is 6.66. The van der Waals surface area contributed by atoms with Crippen LogP contribution in [0.5, 0.6) is 0 Å². The molecule has 10 heteroatoms. The zero-order chi connectivity index (χ0) is 20.9. The van der Waals surface area contributed by atoms with Crippen molar-refractivity contribution in [2.24, 2.45) is 5.92 Å². The Balaban J connectivity index is 1.40. The van der Waals surface area contributed by atoms with Gasteiger partial charge >= 0.3 is 5.69 Å². The molecule has 1 aliphatic carbocycles. The van der Waals surface area contributed by atoms with Gasteiger partial charge in [-0.25, -0.2) is 4.79 Å². The third-order valence-electron chi connectivity index (χ3n) is 5.31. The Bertz CT molecular complexity index is 987. The SMILES string of the molecule is O=C(Nc1ccc(-n2nnn(CC(=O)N3CCOCC3)c2=O)cc1)[C@@H]1CC=CCC1. The Labute approximate surface area is 173 Å². The fourth-order valence-corrected chi connectivity index (χ4v) is 3.54. The first kappa shape index (κ1) is 20.0. The van der Waals surface area contributed by atoms with Gasteiger partial charge in [-0.3, -0.25) is 9.59 Å². The molecule has 2 aromatic rings. The number of ether oxygens (including phenoxy) is 1. The number of tetrazole rings is 1. The molecule has 10 nitrogen and oxygen atoms in total. The van der Waals surface area contributed by atoms with Crippen molar-refractivity contribution in [3.8, 4) is 5.69 Å². The maximum absolute atomic E-state index is 12.6. The number of morpholine rings is 1. The van der Waals surface area contributed by atoms with Gasteiger partial charge in [0.25, 0.3) is 0 Å². The van der Waals surface area contributed by atoms with E-state index in [1.54, 1.807) is 29.2 Å². The zero-order valence-corrected chi connectivity index (χ0v) is 16.6. The van der Waals surface area contributed by atoms with Crippen molar-refractivity contribution in [2.45, 2.75) is 25.8 Å². The number of hydrogen-bond donors (Lipinski definition) is 1. The third kappa shape index (κ3) is 4.48. The van der Waals surface area contributed by atoms with Crippen molar-refractivity contribution in [3.63, 3.8) is 0 Å². The van der Waals surface area contributed by atoms with Crippen LogP contribution >= 0.6 is 0 Å². The Kier molecular flexibility index (Phi) is 6.03. The summed E-state index contributed by atoms with van der Waals surface area (Å²) in [5, 5.41) is 10.6. The van der Waals surface area contributed by atoms with Gasteiger partial charge in [-0.15, -0.1) is 0 Å². The first-order chi connectivity index (χ1) is 14.6. The lowest BCUT2D eigenvalue weighted by Gasteiger charge is -2.26. The molecule has 30 heavy (non-hydrogen) atoms. The molecule has 1 aromatic carbocycles. The van der Waals surface area contributed by atoms with Crippen LogP contribution in [0.25, 0.3) is 5.69 Å². The molecule has 2 heterocycles. The number of carbonyl (C=O) groups is 2. The summed E-state index contributed by atoms with van der Waals surface area (Å²) in [5.74, 6) is -0.207. The summed E-state index contributed by atoms with van der Waals surface area (Å²) < 4.78 is 7.40. The van der Waals surface area contributed by atoms with Crippen LogP contribution in [0.15, 0.2) is 41.2 Å². The maximum atomic E-state index is 12.6. The molecule has 2 aliphatic rings. The van der Waals surface area contributed by atoms with Gasteiger partial charge in [0.05, 0.1) is 18.9 Å². The van der Waals surface area contributed by atoms with E-state index < -0.39 is 5.69 Å². The fraction of sp³-hybridized carbons (Fsp3) is 0.450. The van der Waals surface area contributed by atoms with Crippen molar-refractivity contribution in [2.75, 3.05) is 31.6 Å². The number of nitrogens with one attached hydrogen (secondary N) is 1. The van der Waals surface area contributed by atoms with Crippen molar-refractivity contribution >= 4 is 17.5 Å². The Morgan fingerprint density at radius 2 is 1.87 bits per heavy atom. The van der Waals surface area contributed by atoms with Crippen LogP contribution in [-0.2, 0) is 20.9 Å². The van der Waals surface area contributed by atoms with Crippen LogP contribution in [-0.4, -0.2) is 62.8 Å². The van der Waals surface area contributed by atoms with Crippen LogP contribution < -0.4 is 11.0 Å². The standard InChI is InChI=1S/C20H24N6O4/c27-18(24-10-12-30-13-11-24)14-25-20(29)26(23-22-25)17-8-6-16(7-9-17)21-19(28)15-4-2-1-3-5-15/h1-2,6-9,15H,3-5,10-14H2,(H,21,28)/t15-/m1/s1. The van der Waals surface area contributed by atoms with Crippen molar-refractivity contribution in [3.05, 3.63) is 46.9 Å².